The molecule has 0 bridgehead atoms. The molecule has 1 amide bonds. The second-order valence-corrected chi connectivity index (χ2v) is 12.2. The number of nitrogens with two attached hydrogens (primary N) is 1. The van der Waals surface area contributed by atoms with Crippen molar-refractivity contribution in [2.45, 2.75) is 57.8 Å². The second kappa shape index (κ2) is 12.1. The van der Waals surface area contributed by atoms with Gasteiger partial charge in [-0.15, -0.1) is 0 Å². The molecule has 43 heavy (non-hydrogen) atoms. The molecule has 0 radical (unpaired) electrons. The Bertz CT molecular complexity index is 1630. The van der Waals surface area contributed by atoms with Crippen LogP contribution in [0, 0.1) is 20.8 Å². The van der Waals surface area contributed by atoms with Crippen LogP contribution in [0.1, 0.15) is 62.7 Å². The lowest BCUT2D eigenvalue weighted by molar-refractivity contribution is -0.117. The highest BCUT2D eigenvalue weighted by Crippen LogP contribution is 2.45. The Morgan fingerprint density at radius 2 is 1.79 bits per heavy atom. The summed E-state index contributed by atoms with van der Waals surface area (Å²) in [6, 6.07) is 14.4. The van der Waals surface area contributed by atoms with E-state index in [9.17, 15) is 14.4 Å². The lowest BCUT2D eigenvalue weighted by Gasteiger charge is -2.37. The fourth-order valence-corrected chi connectivity index (χ4v) is 6.24. The molecule has 0 fully saturated rings. The first-order valence-corrected chi connectivity index (χ1v) is 14.8. The standard InChI is InChI=1S/C33H34N2O7S/c1-18-19(2)29-27(20(3)28(18)41-31(38)23-8-6-7-9-25(23)39-5)24(36)17-33(4,42-29)14-15-40-22-12-10-21(11-13-22)16-26-30(37)35-32(34)43-26/h6-13,26H,14-17H2,1-5H3,(H2,34,35,37). The molecule has 2 atom stereocenters. The van der Waals surface area contributed by atoms with Crippen LogP contribution in [0.25, 0.3) is 0 Å². The van der Waals surface area contributed by atoms with E-state index in [1.807, 2.05) is 45.0 Å². The number of thioether (sulfide) groups is 1. The van der Waals surface area contributed by atoms with Crippen molar-refractivity contribution >= 4 is 34.6 Å². The minimum absolute atomic E-state index is 0.0766. The Balaban J connectivity index is 1.25. The maximum atomic E-state index is 13.5. The van der Waals surface area contributed by atoms with Gasteiger partial charge >= 0.3 is 5.97 Å². The molecule has 3 aromatic carbocycles. The minimum Gasteiger partial charge on any atom is -0.496 e. The van der Waals surface area contributed by atoms with E-state index in [0.29, 0.717) is 64.3 Å². The third-order valence-corrected chi connectivity index (χ3v) is 8.86. The number of carbonyl (C=O) groups excluding carboxylic acids is 3. The molecule has 0 saturated carbocycles. The van der Waals surface area contributed by atoms with E-state index >= 15 is 0 Å². The van der Waals surface area contributed by atoms with Gasteiger partial charge in [0.05, 0.1) is 31.0 Å². The van der Waals surface area contributed by atoms with Crippen LogP contribution >= 0.6 is 11.8 Å². The van der Waals surface area contributed by atoms with Crippen molar-refractivity contribution in [3.63, 3.8) is 0 Å². The van der Waals surface area contributed by atoms with Crippen LogP contribution in [0.4, 0.5) is 0 Å². The minimum atomic E-state index is -0.775. The maximum Gasteiger partial charge on any atom is 0.347 e. The van der Waals surface area contributed by atoms with Gasteiger partial charge in [-0.2, -0.15) is 4.99 Å². The zero-order valence-electron chi connectivity index (χ0n) is 24.8. The monoisotopic (exact) mass is 602 g/mol. The highest BCUT2D eigenvalue weighted by Gasteiger charge is 2.40. The van der Waals surface area contributed by atoms with Gasteiger partial charge < -0.3 is 24.7 Å². The summed E-state index contributed by atoms with van der Waals surface area (Å²) in [6.45, 7) is 7.73. The van der Waals surface area contributed by atoms with Crippen LogP contribution in [-0.4, -0.2) is 47.4 Å². The van der Waals surface area contributed by atoms with Gasteiger partial charge in [-0.3, -0.25) is 9.59 Å². The number of para-hydroxylation sites is 1. The lowest BCUT2D eigenvalue weighted by Crippen LogP contribution is -2.41. The van der Waals surface area contributed by atoms with E-state index in [2.05, 4.69) is 4.99 Å². The van der Waals surface area contributed by atoms with Crippen LogP contribution in [0.2, 0.25) is 0 Å². The van der Waals surface area contributed by atoms with E-state index in [0.717, 1.165) is 16.7 Å². The predicted molar refractivity (Wildman–Crippen MR) is 165 cm³/mol. The third kappa shape index (κ3) is 6.24. The molecule has 2 N–H and O–H groups in total. The van der Waals surface area contributed by atoms with Crippen molar-refractivity contribution in [2.24, 2.45) is 10.7 Å². The highest BCUT2D eigenvalue weighted by molar-refractivity contribution is 8.15. The van der Waals surface area contributed by atoms with Crippen LogP contribution in [0.3, 0.4) is 0 Å². The normalized spacial score (nSPS) is 19.4. The second-order valence-electron chi connectivity index (χ2n) is 11.0. The number of amides is 1. The molecule has 0 aromatic heterocycles. The molecular formula is C33H34N2O7S. The van der Waals surface area contributed by atoms with Gasteiger partial charge in [0.2, 0.25) is 0 Å². The van der Waals surface area contributed by atoms with Gasteiger partial charge in [-0.1, -0.05) is 36.0 Å². The molecule has 2 aliphatic heterocycles. The smallest absolute Gasteiger partial charge is 0.347 e. The van der Waals surface area contributed by atoms with E-state index in [1.165, 1.54) is 18.9 Å². The Hall–Kier alpha value is -4.31. The number of Topliss-reactive ketones (excluding diaryl/α,β-unsaturated/α-hetero) is 1. The lowest BCUT2D eigenvalue weighted by atomic mass is 9.85. The molecule has 2 heterocycles. The number of amidine groups is 1. The number of esters is 1. The number of nitrogens with zero attached hydrogens (tertiary/aromatic N) is 1. The number of benzene rings is 3. The SMILES string of the molecule is COc1ccccc1C(=O)Oc1c(C)c(C)c2c(c1C)C(=O)CC(C)(CCOc1ccc(CC3SC(N)=NC3=O)cc1)O2. The molecule has 5 rings (SSSR count). The van der Waals surface area contributed by atoms with E-state index in [4.69, 9.17) is 24.7 Å². The molecule has 10 heteroatoms. The number of hydrogen-bond donors (Lipinski definition) is 1. The van der Waals surface area contributed by atoms with E-state index in [1.54, 1.807) is 31.2 Å². The zero-order chi connectivity index (χ0) is 30.9. The average molecular weight is 603 g/mol. The molecule has 2 aliphatic rings. The number of ether oxygens (including phenoxy) is 4. The van der Waals surface area contributed by atoms with Crippen molar-refractivity contribution in [1.29, 1.82) is 0 Å². The number of ketones is 1. The zero-order valence-corrected chi connectivity index (χ0v) is 25.6. The quantitative estimate of drug-likeness (QED) is 0.248. The number of aliphatic imine (C=N–C) groups is 1. The predicted octanol–water partition coefficient (Wildman–Crippen LogP) is 5.53. The first-order valence-electron chi connectivity index (χ1n) is 14.0. The van der Waals surface area contributed by atoms with Gasteiger partial charge in [0.25, 0.3) is 5.91 Å². The van der Waals surface area contributed by atoms with Crippen LogP contribution < -0.4 is 24.7 Å². The fourth-order valence-electron chi connectivity index (χ4n) is 5.37. The number of hydrogen-bond acceptors (Lipinski definition) is 9. The number of fused-ring (bicyclic) bond motifs is 1. The molecule has 0 spiro atoms. The Morgan fingerprint density at radius 1 is 1.07 bits per heavy atom. The summed E-state index contributed by atoms with van der Waals surface area (Å²) in [6.07, 6.45) is 1.18. The van der Waals surface area contributed by atoms with Crippen LogP contribution in [0.15, 0.2) is 53.5 Å². The van der Waals surface area contributed by atoms with E-state index in [-0.39, 0.29) is 23.4 Å². The fraction of sp³-hybridized carbons (Fsp3) is 0.333. The molecule has 0 saturated heterocycles. The molecule has 9 nitrogen and oxygen atoms in total. The average Bonchev–Trinajstić information content (AvgIpc) is 3.30. The Kier molecular flexibility index (Phi) is 8.50. The summed E-state index contributed by atoms with van der Waals surface area (Å²) >= 11 is 1.28. The summed E-state index contributed by atoms with van der Waals surface area (Å²) in [5.74, 6) is 1.11. The van der Waals surface area contributed by atoms with Crippen molar-refractivity contribution in [1.82, 2.24) is 0 Å². The topological polar surface area (TPSA) is 127 Å². The number of carbonyl (C=O) groups is 3. The van der Waals surface area contributed by atoms with Crippen LogP contribution in [0.5, 0.6) is 23.0 Å². The Morgan fingerprint density at radius 3 is 2.47 bits per heavy atom. The number of rotatable bonds is 9. The first-order chi connectivity index (χ1) is 20.5. The van der Waals surface area contributed by atoms with Gasteiger partial charge in [0.1, 0.15) is 34.2 Å². The van der Waals surface area contributed by atoms with Gasteiger partial charge in [-0.25, -0.2) is 4.79 Å². The summed E-state index contributed by atoms with van der Waals surface area (Å²) in [5, 5.41) is 0.0183. The first kappa shape index (κ1) is 30.2. The third-order valence-electron chi connectivity index (χ3n) is 7.87. The van der Waals surface area contributed by atoms with Crippen molar-refractivity contribution in [3.05, 3.63) is 81.9 Å². The molecular weight excluding hydrogens is 568 g/mol. The molecule has 2 unspecified atom stereocenters. The molecule has 3 aromatic rings. The van der Waals surface area contributed by atoms with Crippen molar-refractivity contribution in [2.75, 3.05) is 13.7 Å². The molecule has 224 valence electrons. The highest BCUT2D eigenvalue weighted by atomic mass is 32.2. The Labute approximate surface area is 254 Å². The summed E-state index contributed by atoms with van der Waals surface area (Å²) in [4.78, 5) is 42.3. The summed E-state index contributed by atoms with van der Waals surface area (Å²) in [7, 11) is 1.49. The van der Waals surface area contributed by atoms with Gasteiger partial charge in [0.15, 0.2) is 11.0 Å². The van der Waals surface area contributed by atoms with Gasteiger partial charge in [-0.05, 0) is 75.1 Å². The largest absolute Gasteiger partial charge is 0.496 e. The summed E-state index contributed by atoms with van der Waals surface area (Å²) < 4.78 is 23.6. The van der Waals surface area contributed by atoms with Crippen molar-refractivity contribution < 1.29 is 33.3 Å². The molecule has 0 aliphatic carbocycles. The van der Waals surface area contributed by atoms with Gasteiger partial charge in [0, 0.05) is 12.0 Å². The maximum absolute atomic E-state index is 13.5. The van der Waals surface area contributed by atoms with Crippen LogP contribution in [-0.2, 0) is 11.2 Å². The van der Waals surface area contributed by atoms with Crippen molar-refractivity contribution in [3.8, 4) is 23.0 Å². The number of methoxy groups -OCH3 is 1. The summed E-state index contributed by atoms with van der Waals surface area (Å²) in [5.41, 5.74) is 8.63. The van der Waals surface area contributed by atoms with E-state index < -0.39 is 11.6 Å².